The maximum absolute atomic E-state index is 12.6. The van der Waals surface area contributed by atoms with E-state index in [1.54, 1.807) is 11.0 Å². The second kappa shape index (κ2) is 7.30. The number of alkyl halides is 3. The fourth-order valence-electron chi connectivity index (χ4n) is 3.03. The first-order valence-corrected chi connectivity index (χ1v) is 8.35. The first-order chi connectivity index (χ1) is 12.7. The van der Waals surface area contributed by atoms with Gasteiger partial charge in [-0.25, -0.2) is 4.79 Å². The van der Waals surface area contributed by atoms with E-state index < -0.39 is 11.7 Å². The van der Waals surface area contributed by atoms with Crippen LogP contribution in [0.2, 0.25) is 0 Å². The van der Waals surface area contributed by atoms with Crippen LogP contribution in [0.5, 0.6) is 0 Å². The summed E-state index contributed by atoms with van der Waals surface area (Å²) in [5, 5.41) is 5.40. The van der Waals surface area contributed by atoms with Crippen molar-refractivity contribution in [3.05, 3.63) is 59.2 Å². The topological polar surface area (TPSA) is 61.4 Å². The van der Waals surface area contributed by atoms with Crippen LogP contribution in [-0.4, -0.2) is 23.4 Å². The second-order valence-electron chi connectivity index (χ2n) is 6.30. The van der Waals surface area contributed by atoms with Gasteiger partial charge in [-0.3, -0.25) is 4.79 Å². The molecule has 0 radical (unpaired) electrons. The third kappa shape index (κ3) is 4.39. The van der Waals surface area contributed by atoms with Crippen LogP contribution >= 0.6 is 0 Å². The molecule has 0 unspecified atom stereocenters. The number of hydrogen-bond donors (Lipinski definition) is 2. The standard InChI is InChI=1S/C19H18F3N3O2/c1-12(26)23-17-4-2-3-13-11-25(10-9-16(13)17)18(27)24-15-7-5-14(6-8-15)19(20,21)22/h2-8H,9-11H2,1H3,(H,23,26)(H,24,27). The summed E-state index contributed by atoms with van der Waals surface area (Å²) in [6.45, 7) is 2.23. The molecule has 0 aliphatic carbocycles. The highest BCUT2D eigenvalue weighted by Crippen LogP contribution is 2.30. The molecule has 142 valence electrons. The molecule has 1 heterocycles. The number of carbonyl (C=O) groups is 2. The predicted molar refractivity (Wildman–Crippen MR) is 95.3 cm³/mol. The van der Waals surface area contributed by atoms with Crippen molar-refractivity contribution in [2.75, 3.05) is 17.2 Å². The van der Waals surface area contributed by atoms with E-state index in [4.69, 9.17) is 0 Å². The molecule has 5 nitrogen and oxygen atoms in total. The van der Waals surface area contributed by atoms with E-state index in [9.17, 15) is 22.8 Å². The Bertz CT molecular complexity index is 863. The van der Waals surface area contributed by atoms with Crippen molar-refractivity contribution in [2.45, 2.75) is 26.1 Å². The van der Waals surface area contributed by atoms with E-state index >= 15 is 0 Å². The van der Waals surface area contributed by atoms with E-state index in [0.29, 0.717) is 25.2 Å². The van der Waals surface area contributed by atoms with E-state index in [1.807, 2.05) is 12.1 Å². The maximum atomic E-state index is 12.6. The molecule has 0 spiro atoms. The number of anilines is 2. The molecule has 0 saturated carbocycles. The fraction of sp³-hybridized carbons (Fsp3) is 0.263. The summed E-state index contributed by atoms with van der Waals surface area (Å²) in [4.78, 5) is 25.3. The van der Waals surface area contributed by atoms with Crippen molar-refractivity contribution in [1.82, 2.24) is 4.90 Å². The third-order valence-corrected chi connectivity index (χ3v) is 4.33. The largest absolute Gasteiger partial charge is 0.416 e. The van der Waals surface area contributed by atoms with Gasteiger partial charge < -0.3 is 15.5 Å². The van der Waals surface area contributed by atoms with E-state index in [0.717, 1.165) is 28.9 Å². The average Bonchev–Trinajstić information content (AvgIpc) is 2.60. The lowest BCUT2D eigenvalue weighted by Gasteiger charge is -2.30. The summed E-state index contributed by atoms with van der Waals surface area (Å²) in [5.41, 5.74) is 2.19. The molecule has 0 fully saturated rings. The van der Waals surface area contributed by atoms with Gasteiger partial charge in [-0.1, -0.05) is 12.1 Å². The molecule has 2 N–H and O–H groups in total. The molecule has 8 heteroatoms. The van der Waals surface area contributed by atoms with Gasteiger partial charge in [0.2, 0.25) is 5.91 Å². The molecular formula is C19H18F3N3O2. The van der Waals surface area contributed by atoms with Crippen molar-refractivity contribution in [3.63, 3.8) is 0 Å². The van der Waals surface area contributed by atoms with Gasteiger partial charge in [-0.15, -0.1) is 0 Å². The molecule has 1 aliphatic rings. The van der Waals surface area contributed by atoms with Crippen molar-refractivity contribution < 1.29 is 22.8 Å². The molecular weight excluding hydrogens is 359 g/mol. The Labute approximate surface area is 154 Å². The normalized spacial score (nSPS) is 13.7. The Hall–Kier alpha value is -3.03. The average molecular weight is 377 g/mol. The molecule has 3 amide bonds. The minimum atomic E-state index is -4.41. The molecule has 1 aliphatic heterocycles. The molecule has 0 aromatic heterocycles. The van der Waals surface area contributed by atoms with Gasteiger partial charge in [0.05, 0.1) is 5.56 Å². The van der Waals surface area contributed by atoms with E-state index in [2.05, 4.69) is 10.6 Å². The van der Waals surface area contributed by atoms with Gasteiger partial charge >= 0.3 is 12.2 Å². The van der Waals surface area contributed by atoms with Gasteiger partial charge in [-0.2, -0.15) is 13.2 Å². The Morgan fingerprint density at radius 1 is 1.04 bits per heavy atom. The lowest BCUT2D eigenvalue weighted by atomic mass is 9.98. The number of nitrogens with one attached hydrogen (secondary N) is 2. The number of halogens is 3. The van der Waals surface area contributed by atoms with E-state index in [-0.39, 0.29) is 11.9 Å². The zero-order valence-electron chi connectivity index (χ0n) is 14.6. The third-order valence-electron chi connectivity index (χ3n) is 4.33. The number of rotatable bonds is 2. The molecule has 2 aromatic carbocycles. The number of benzene rings is 2. The quantitative estimate of drug-likeness (QED) is 0.822. The molecule has 27 heavy (non-hydrogen) atoms. The van der Waals surface area contributed by atoms with Crippen molar-refractivity contribution in [2.24, 2.45) is 0 Å². The van der Waals surface area contributed by atoms with Crippen LogP contribution in [0.1, 0.15) is 23.6 Å². The van der Waals surface area contributed by atoms with Gasteiger partial charge in [-0.05, 0) is 47.9 Å². The highest BCUT2D eigenvalue weighted by molar-refractivity contribution is 5.91. The lowest BCUT2D eigenvalue weighted by Crippen LogP contribution is -2.39. The van der Waals surface area contributed by atoms with Crippen molar-refractivity contribution in [3.8, 4) is 0 Å². The smallest absolute Gasteiger partial charge is 0.326 e. The van der Waals surface area contributed by atoms with Gasteiger partial charge in [0, 0.05) is 31.4 Å². The number of nitrogens with zero attached hydrogens (tertiary/aromatic N) is 1. The zero-order chi connectivity index (χ0) is 19.6. The zero-order valence-corrected chi connectivity index (χ0v) is 14.6. The lowest BCUT2D eigenvalue weighted by molar-refractivity contribution is -0.137. The first kappa shape index (κ1) is 18.8. The Morgan fingerprint density at radius 3 is 2.37 bits per heavy atom. The minimum Gasteiger partial charge on any atom is -0.326 e. The molecule has 0 atom stereocenters. The fourth-order valence-corrected chi connectivity index (χ4v) is 3.03. The summed E-state index contributed by atoms with van der Waals surface area (Å²) in [7, 11) is 0. The van der Waals surface area contributed by atoms with Gasteiger partial charge in [0.1, 0.15) is 0 Å². The van der Waals surface area contributed by atoms with E-state index in [1.165, 1.54) is 19.1 Å². The summed E-state index contributed by atoms with van der Waals surface area (Å²) in [5.74, 6) is -0.161. The summed E-state index contributed by atoms with van der Waals surface area (Å²) < 4.78 is 37.8. The summed E-state index contributed by atoms with van der Waals surface area (Å²) >= 11 is 0. The van der Waals surface area contributed by atoms with Gasteiger partial charge in [0.25, 0.3) is 0 Å². The maximum Gasteiger partial charge on any atom is 0.416 e. The van der Waals surface area contributed by atoms with Crippen LogP contribution in [0.15, 0.2) is 42.5 Å². The number of hydrogen-bond acceptors (Lipinski definition) is 2. The highest BCUT2D eigenvalue weighted by atomic mass is 19.4. The predicted octanol–water partition coefficient (Wildman–Crippen LogP) is 4.25. The highest BCUT2D eigenvalue weighted by Gasteiger charge is 2.30. The number of urea groups is 1. The monoisotopic (exact) mass is 377 g/mol. The van der Waals surface area contributed by atoms with Crippen LogP contribution < -0.4 is 10.6 Å². The Morgan fingerprint density at radius 2 is 1.74 bits per heavy atom. The second-order valence-corrected chi connectivity index (χ2v) is 6.30. The molecule has 0 bridgehead atoms. The molecule has 2 aromatic rings. The Balaban J connectivity index is 1.68. The van der Waals surface area contributed by atoms with Gasteiger partial charge in [0.15, 0.2) is 0 Å². The minimum absolute atomic E-state index is 0.161. The first-order valence-electron chi connectivity index (χ1n) is 8.35. The number of carbonyl (C=O) groups excluding carboxylic acids is 2. The molecule has 3 rings (SSSR count). The number of amides is 3. The van der Waals surface area contributed by atoms with Crippen molar-refractivity contribution >= 4 is 23.3 Å². The number of fused-ring (bicyclic) bond motifs is 1. The van der Waals surface area contributed by atoms with Crippen LogP contribution in [0.3, 0.4) is 0 Å². The summed E-state index contributed by atoms with van der Waals surface area (Å²) in [6, 6.07) is 9.45. The van der Waals surface area contributed by atoms with Crippen LogP contribution in [-0.2, 0) is 23.9 Å². The Kier molecular flexibility index (Phi) is 5.07. The summed E-state index contributed by atoms with van der Waals surface area (Å²) in [6.07, 6.45) is -3.84. The van der Waals surface area contributed by atoms with Crippen LogP contribution in [0.4, 0.5) is 29.3 Å². The SMILES string of the molecule is CC(=O)Nc1cccc2c1CCN(C(=O)Nc1ccc(C(F)(F)F)cc1)C2. The van der Waals surface area contributed by atoms with Crippen LogP contribution in [0, 0.1) is 0 Å². The van der Waals surface area contributed by atoms with Crippen LogP contribution in [0.25, 0.3) is 0 Å². The molecule has 0 saturated heterocycles. The van der Waals surface area contributed by atoms with Crippen molar-refractivity contribution in [1.29, 1.82) is 0 Å².